The quantitative estimate of drug-likeness (QED) is 0.615. The highest BCUT2D eigenvalue weighted by molar-refractivity contribution is 5.92. The van der Waals surface area contributed by atoms with Gasteiger partial charge >= 0.3 is 0 Å². The SMILES string of the molecule is Nc1cncc(C(=O)NCc2ncn[nH]2)n1. The topological polar surface area (TPSA) is 122 Å². The van der Waals surface area contributed by atoms with Gasteiger partial charge in [0.05, 0.1) is 18.9 Å². The number of aromatic nitrogens is 5. The van der Waals surface area contributed by atoms with Gasteiger partial charge in [-0.2, -0.15) is 5.10 Å². The number of nitrogen functional groups attached to an aromatic ring is 1. The van der Waals surface area contributed by atoms with Crippen LogP contribution in [-0.2, 0) is 6.54 Å². The highest BCUT2D eigenvalue weighted by atomic mass is 16.1. The Hall–Kier alpha value is -2.51. The van der Waals surface area contributed by atoms with Crippen molar-refractivity contribution in [2.45, 2.75) is 6.54 Å². The molecule has 2 aromatic rings. The van der Waals surface area contributed by atoms with Crippen molar-refractivity contribution in [3.05, 3.63) is 30.2 Å². The molecular weight excluding hydrogens is 210 g/mol. The van der Waals surface area contributed by atoms with Crippen LogP contribution in [0.25, 0.3) is 0 Å². The molecule has 0 aliphatic rings. The predicted octanol–water partition coefficient (Wildman–Crippen LogP) is -0.893. The second-order valence-corrected chi connectivity index (χ2v) is 2.94. The van der Waals surface area contributed by atoms with Gasteiger partial charge in [-0.15, -0.1) is 0 Å². The second kappa shape index (κ2) is 4.34. The molecule has 4 N–H and O–H groups in total. The molecule has 0 radical (unpaired) electrons. The standard InChI is InChI=1S/C8H9N7O/c9-6-2-10-1-5(14-6)8(16)11-3-7-12-4-13-15-7/h1-2,4H,3H2,(H2,9,14)(H,11,16)(H,12,13,15). The predicted molar refractivity (Wildman–Crippen MR) is 54.0 cm³/mol. The van der Waals surface area contributed by atoms with E-state index in [9.17, 15) is 4.79 Å². The molecule has 8 nitrogen and oxygen atoms in total. The molecular formula is C8H9N7O. The van der Waals surface area contributed by atoms with Crippen LogP contribution in [0.1, 0.15) is 16.3 Å². The van der Waals surface area contributed by atoms with Crippen molar-refractivity contribution in [1.29, 1.82) is 0 Å². The van der Waals surface area contributed by atoms with E-state index in [1.807, 2.05) is 0 Å². The average Bonchev–Trinajstić information content (AvgIpc) is 2.78. The molecule has 0 fully saturated rings. The summed E-state index contributed by atoms with van der Waals surface area (Å²) in [5, 5.41) is 8.87. The van der Waals surface area contributed by atoms with Crippen LogP contribution in [0.15, 0.2) is 18.7 Å². The van der Waals surface area contributed by atoms with Gasteiger partial charge in [0, 0.05) is 0 Å². The maximum Gasteiger partial charge on any atom is 0.271 e. The Morgan fingerprint density at radius 3 is 3.06 bits per heavy atom. The number of nitrogens with one attached hydrogen (secondary N) is 2. The summed E-state index contributed by atoms with van der Waals surface area (Å²) in [6.07, 6.45) is 4.07. The molecule has 0 saturated heterocycles. The third kappa shape index (κ3) is 2.29. The number of nitrogens with zero attached hydrogens (tertiary/aromatic N) is 4. The second-order valence-electron chi connectivity index (χ2n) is 2.94. The van der Waals surface area contributed by atoms with Crippen molar-refractivity contribution in [2.75, 3.05) is 5.73 Å². The molecule has 0 aliphatic carbocycles. The molecule has 82 valence electrons. The minimum Gasteiger partial charge on any atom is -0.382 e. The first-order chi connectivity index (χ1) is 7.75. The van der Waals surface area contributed by atoms with Crippen molar-refractivity contribution in [2.24, 2.45) is 0 Å². The molecule has 2 rings (SSSR count). The monoisotopic (exact) mass is 219 g/mol. The van der Waals surface area contributed by atoms with Gasteiger partial charge in [0.25, 0.3) is 5.91 Å². The van der Waals surface area contributed by atoms with Gasteiger partial charge in [0.15, 0.2) is 0 Å². The minimum absolute atomic E-state index is 0.166. The van der Waals surface area contributed by atoms with Crippen molar-refractivity contribution >= 4 is 11.7 Å². The first kappa shape index (κ1) is 10.0. The van der Waals surface area contributed by atoms with Gasteiger partial charge in [-0.25, -0.2) is 9.97 Å². The fraction of sp³-hybridized carbons (Fsp3) is 0.125. The summed E-state index contributed by atoms with van der Waals surface area (Å²) < 4.78 is 0. The summed E-state index contributed by atoms with van der Waals surface area (Å²) in [7, 11) is 0. The van der Waals surface area contributed by atoms with E-state index in [1.54, 1.807) is 0 Å². The zero-order chi connectivity index (χ0) is 11.4. The molecule has 0 bridgehead atoms. The number of rotatable bonds is 3. The van der Waals surface area contributed by atoms with E-state index in [0.29, 0.717) is 5.82 Å². The molecule has 2 heterocycles. The fourth-order valence-electron chi connectivity index (χ4n) is 1.06. The van der Waals surface area contributed by atoms with Crippen LogP contribution in [0.4, 0.5) is 5.82 Å². The molecule has 0 aromatic carbocycles. The van der Waals surface area contributed by atoms with Crippen LogP contribution >= 0.6 is 0 Å². The smallest absolute Gasteiger partial charge is 0.271 e. The zero-order valence-corrected chi connectivity index (χ0v) is 8.21. The first-order valence-electron chi connectivity index (χ1n) is 4.45. The summed E-state index contributed by atoms with van der Waals surface area (Å²) >= 11 is 0. The van der Waals surface area contributed by atoms with Crippen LogP contribution in [0.3, 0.4) is 0 Å². The average molecular weight is 219 g/mol. The number of nitrogens with two attached hydrogens (primary N) is 1. The van der Waals surface area contributed by atoms with Gasteiger partial charge in [0.1, 0.15) is 23.7 Å². The van der Waals surface area contributed by atoms with E-state index >= 15 is 0 Å². The van der Waals surface area contributed by atoms with E-state index in [2.05, 4.69) is 30.5 Å². The number of amides is 1. The highest BCUT2D eigenvalue weighted by Crippen LogP contribution is 1.97. The number of aromatic amines is 1. The number of hydrogen-bond acceptors (Lipinski definition) is 6. The van der Waals surface area contributed by atoms with Crippen LogP contribution in [0.5, 0.6) is 0 Å². The number of carbonyl (C=O) groups is 1. The number of carbonyl (C=O) groups excluding carboxylic acids is 1. The van der Waals surface area contributed by atoms with Crippen LogP contribution in [-0.4, -0.2) is 31.1 Å². The lowest BCUT2D eigenvalue weighted by Gasteiger charge is -2.02. The summed E-state index contributed by atoms with van der Waals surface area (Å²) in [6, 6.07) is 0. The Morgan fingerprint density at radius 2 is 2.38 bits per heavy atom. The molecule has 1 amide bonds. The molecule has 0 unspecified atom stereocenters. The van der Waals surface area contributed by atoms with Gasteiger partial charge in [0.2, 0.25) is 0 Å². The maximum absolute atomic E-state index is 11.6. The number of H-pyrrole nitrogens is 1. The van der Waals surface area contributed by atoms with Crippen molar-refractivity contribution in [3.63, 3.8) is 0 Å². The van der Waals surface area contributed by atoms with Gasteiger partial charge < -0.3 is 11.1 Å². The summed E-state index contributed by atoms with van der Waals surface area (Å²) in [6.45, 7) is 0.245. The third-order valence-corrected chi connectivity index (χ3v) is 1.77. The Bertz CT molecular complexity index is 481. The summed E-state index contributed by atoms with van der Waals surface area (Å²) in [5.41, 5.74) is 5.57. The van der Waals surface area contributed by atoms with E-state index in [4.69, 9.17) is 5.73 Å². The van der Waals surface area contributed by atoms with E-state index in [0.717, 1.165) is 0 Å². The fourth-order valence-corrected chi connectivity index (χ4v) is 1.06. The van der Waals surface area contributed by atoms with Gasteiger partial charge in [-0.3, -0.25) is 14.9 Å². The lowest BCUT2D eigenvalue weighted by Crippen LogP contribution is -2.24. The largest absolute Gasteiger partial charge is 0.382 e. The van der Waals surface area contributed by atoms with Crippen molar-refractivity contribution in [1.82, 2.24) is 30.5 Å². The van der Waals surface area contributed by atoms with E-state index in [1.165, 1.54) is 18.7 Å². The summed E-state index contributed by atoms with van der Waals surface area (Å²) in [4.78, 5) is 23.0. The molecule has 0 atom stereocenters. The van der Waals surface area contributed by atoms with Gasteiger partial charge in [-0.05, 0) is 0 Å². The lowest BCUT2D eigenvalue weighted by atomic mass is 10.4. The van der Waals surface area contributed by atoms with E-state index < -0.39 is 0 Å². The van der Waals surface area contributed by atoms with Gasteiger partial charge in [-0.1, -0.05) is 0 Å². The third-order valence-electron chi connectivity index (χ3n) is 1.77. The number of hydrogen-bond donors (Lipinski definition) is 3. The van der Waals surface area contributed by atoms with E-state index in [-0.39, 0.29) is 24.0 Å². The van der Waals surface area contributed by atoms with Crippen molar-refractivity contribution < 1.29 is 4.79 Å². The highest BCUT2D eigenvalue weighted by Gasteiger charge is 2.08. The summed E-state index contributed by atoms with van der Waals surface area (Å²) in [5.74, 6) is 0.397. The van der Waals surface area contributed by atoms with Crippen molar-refractivity contribution in [3.8, 4) is 0 Å². The Balaban J connectivity index is 1.98. The number of anilines is 1. The maximum atomic E-state index is 11.6. The molecule has 16 heavy (non-hydrogen) atoms. The van der Waals surface area contributed by atoms with Crippen LogP contribution < -0.4 is 11.1 Å². The molecule has 8 heteroatoms. The molecule has 0 spiro atoms. The normalized spacial score (nSPS) is 10.0. The Kier molecular flexibility index (Phi) is 2.72. The first-order valence-corrected chi connectivity index (χ1v) is 4.45. The van der Waals surface area contributed by atoms with Crippen LogP contribution in [0.2, 0.25) is 0 Å². The molecule has 0 saturated carbocycles. The Labute approximate surface area is 90.3 Å². The van der Waals surface area contributed by atoms with Crippen LogP contribution in [0, 0.1) is 0 Å². The molecule has 0 aliphatic heterocycles. The molecule has 2 aromatic heterocycles. The zero-order valence-electron chi connectivity index (χ0n) is 8.21. The minimum atomic E-state index is -0.365. The Morgan fingerprint density at radius 1 is 1.50 bits per heavy atom. The lowest BCUT2D eigenvalue weighted by molar-refractivity contribution is 0.0944.